The fourth-order valence-electron chi connectivity index (χ4n) is 1.40. The minimum absolute atomic E-state index is 0.835. The van der Waals surface area contributed by atoms with E-state index < -0.39 is 0 Å². The van der Waals surface area contributed by atoms with E-state index in [-0.39, 0.29) is 0 Å². The van der Waals surface area contributed by atoms with Crippen molar-refractivity contribution >= 4 is 20.0 Å². The first-order valence-corrected chi connectivity index (χ1v) is 7.73. The first-order chi connectivity index (χ1) is 7.77. The van der Waals surface area contributed by atoms with Crippen LogP contribution in [0, 0.1) is 0 Å². The van der Waals surface area contributed by atoms with Gasteiger partial charge in [0.2, 0.25) is 0 Å². The van der Waals surface area contributed by atoms with E-state index in [0.717, 1.165) is 27.4 Å². The molecule has 0 bridgehead atoms. The number of nitrogen functional groups attached to an aromatic ring is 1. The number of nitrogens with two attached hydrogens (primary N) is 1. The fraction of sp³-hybridized carbons (Fsp3) is 0.538. The second kappa shape index (κ2) is 9.47. The van der Waals surface area contributed by atoms with E-state index >= 15 is 0 Å². The number of rotatable bonds is 5. The van der Waals surface area contributed by atoms with Crippen molar-refractivity contribution in [3.05, 3.63) is 24.3 Å². The van der Waals surface area contributed by atoms with Crippen molar-refractivity contribution in [3.63, 3.8) is 0 Å². The van der Waals surface area contributed by atoms with E-state index in [9.17, 15) is 0 Å². The predicted octanol–water partition coefficient (Wildman–Crippen LogP) is 3.43. The second-order valence-corrected chi connectivity index (χ2v) is 4.48. The quantitative estimate of drug-likeness (QED) is 0.631. The van der Waals surface area contributed by atoms with Crippen molar-refractivity contribution < 1.29 is 0 Å². The Morgan fingerprint density at radius 3 is 2.19 bits per heavy atom. The third-order valence-corrected chi connectivity index (χ3v) is 3.00. The van der Waals surface area contributed by atoms with E-state index in [0.29, 0.717) is 0 Å². The Balaban J connectivity index is 0.00000106. The smallest absolute Gasteiger partial charge is 0.0367 e. The molecule has 0 aliphatic carbocycles. The van der Waals surface area contributed by atoms with Gasteiger partial charge in [0.1, 0.15) is 0 Å². The Morgan fingerprint density at radius 2 is 1.75 bits per heavy atom. The van der Waals surface area contributed by atoms with Crippen LogP contribution in [0.4, 0.5) is 11.4 Å². The maximum Gasteiger partial charge on any atom is 0.0367 e. The molecule has 0 aliphatic rings. The Bertz CT molecular complexity index is 259. The first kappa shape index (κ1) is 15.2. The zero-order chi connectivity index (χ0) is 12.4. The molecule has 2 N–H and O–H groups in total. The molecular formula is C13H25N2P. The summed E-state index contributed by atoms with van der Waals surface area (Å²) in [6.45, 7) is 10.6. The van der Waals surface area contributed by atoms with Crippen molar-refractivity contribution in [1.82, 2.24) is 0 Å². The van der Waals surface area contributed by atoms with Crippen LogP contribution in [0.5, 0.6) is 0 Å². The van der Waals surface area contributed by atoms with Crippen molar-refractivity contribution in [3.8, 4) is 0 Å². The summed E-state index contributed by atoms with van der Waals surface area (Å²) in [5, 5.41) is 0. The van der Waals surface area contributed by atoms with Gasteiger partial charge in [-0.1, -0.05) is 13.8 Å². The third kappa shape index (κ3) is 5.37. The van der Waals surface area contributed by atoms with E-state index in [4.69, 9.17) is 5.73 Å². The molecule has 0 spiro atoms. The highest BCUT2D eigenvalue weighted by atomic mass is 31.1. The average molecular weight is 240 g/mol. The highest BCUT2D eigenvalue weighted by Crippen LogP contribution is 2.16. The lowest BCUT2D eigenvalue weighted by molar-refractivity contribution is 0.872. The molecule has 0 fully saturated rings. The van der Waals surface area contributed by atoms with Crippen LogP contribution >= 0.6 is 8.58 Å². The molecule has 0 saturated carbocycles. The van der Waals surface area contributed by atoms with Gasteiger partial charge in [-0.3, -0.25) is 0 Å². The molecule has 92 valence electrons. The molecule has 2 nitrogen and oxygen atoms in total. The van der Waals surface area contributed by atoms with Gasteiger partial charge in [-0.15, -0.1) is 8.58 Å². The molecule has 1 rings (SSSR count). The normalized spacial score (nSPS) is 10.0. The molecule has 0 aromatic heterocycles. The summed E-state index contributed by atoms with van der Waals surface area (Å²) in [6.07, 6.45) is 1.28. The largest absolute Gasteiger partial charge is 0.399 e. The van der Waals surface area contributed by atoms with Crippen LogP contribution in [0.3, 0.4) is 0 Å². The SMILES string of the molecule is CC.CCN(CCPC)c1ccc(N)cc1. The molecule has 1 aromatic rings. The third-order valence-electron chi connectivity index (χ3n) is 2.27. The fourth-order valence-corrected chi connectivity index (χ4v) is 1.90. The maximum absolute atomic E-state index is 5.65. The molecule has 3 heteroatoms. The molecule has 0 aliphatic heterocycles. The summed E-state index contributed by atoms with van der Waals surface area (Å²) in [5.41, 5.74) is 7.76. The Hall–Kier alpha value is -0.750. The van der Waals surface area contributed by atoms with Crippen molar-refractivity contribution in [2.24, 2.45) is 0 Å². The Morgan fingerprint density at radius 1 is 1.19 bits per heavy atom. The van der Waals surface area contributed by atoms with E-state index in [1.807, 2.05) is 26.0 Å². The van der Waals surface area contributed by atoms with Crippen LogP contribution in [0.25, 0.3) is 0 Å². The Kier molecular flexibility index (Phi) is 9.03. The predicted molar refractivity (Wildman–Crippen MR) is 79.2 cm³/mol. The Labute approximate surface area is 102 Å². The average Bonchev–Trinajstić information content (AvgIpc) is 2.35. The van der Waals surface area contributed by atoms with Gasteiger partial charge < -0.3 is 10.6 Å². The summed E-state index contributed by atoms with van der Waals surface area (Å²) in [6, 6.07) is 8.12. The van der Waals surface area contributed by atoms with Gasteiger partial charge in [0.25, 0.3) is 0 Å². The molecule has 0 radical (unpaired) electrons. The number of benzene rings is 1. The van der Waals surface area contributed by atoms with Crippen LogP contribution in [-0.2, 0) is 0 Å². The van der Waals surface area contributed by atoms with Crippen LogP contribution in [-0.4, -0.2) is 25.9 Å². The topological polar surface area (TPSA) is 29.3 Å². The number of nitrogens with zero attached hydrogens (tertiary/aromatic N) is 1. The molecule has 0 amide bonds. The summed E-state index contributed by atoms with van der Waals surface area (Å²) in [7, 11) is 1.03. The summed E-state index contributed by atoms with van der Waals surface area (Å²) in [4.78, 5) is 2.38. The van der Waals surface area contributed by atoms with Crippen molar-refractivity contribution in [1.29, 1.82) is 0 Å². The van der Waals surface area contributed by atoms with E-state index in [1.54, 1.807) is 0 Å². The van der Waals surface area contributed by atoms with Gasteiger partial charge in [0.15, 0.2) is 0 Å². The van der Waals surface area contributed by atoms with Gasteiger partial charge in [0.05, 0.1) is 0 Å². The lowest BCUT2D eigenvalue weighted by Gasteiger charge is -2.22. The van der Waals surface area contributed by atoms with Gasteiger partial charge in [-0.25, -0.2) is 0 Å². The zero-order valence-corrected chi connectivity index (χ0v) is 12.0. The van der Waals surface area contributed by atoms with Crippen LogP contribution in [0.15, 0.2) is 24.3 Å². The summed E-state index contributed by atoms with van der Waals surface area (Å²) < 4.78 is 0. The van der Waals surface area contributed by atoms with Gasteiger partial charge in [0, 0.05) is 24.5 Å². The molecular weight excluding hydrogens is 215 g/mol. The summed E-state index contributed by atoms with van der Waals surface area (Å²) in [5.74, 6) is 0. The monoisotopic (exact) mass is 240 g/mol. The zero-order valence-electron chi connectivity index (χ0n) is 11.0. The van der Waals surface area contributed by atoms with Crippen LogP contribution < -0.4 is 10.6 Å². The lowest BCUT2D eigenvalue weighted by Crippen LogP contribution is -2.24. The highest BCUT2D eigenvalue weighted by molar-refractivity contribution is 7.37. The standard InChI is InChI=1S/C11H19N2P.C2H6/c1-3-13(8-9-14-2)11-6-4-10(12)5-7-11;1-2/h4-7,14H,3,8-9,12H2,1-2H3;1-2H3. The van der Waals surface area contributed by atoms with Crippen LogP contribution in [0.2, 0.25) is 0 Å². The summed E-state index contributed by atoms with van der Waals surface area (Å²) >= 11 is 0. The first-order valence-electron chi connectivity index (χ1n) is 6.03. The maximum atomic E-state index is 5.65. The number of hydrogen-bond acceptors (Lipinski definition) is 2. The van der Waals surface area contributed by atoms with E-state index in [1.165, 1.54) is 11.8 Å². The molecule has 16 heavy (non-hydrogen) atoms. The highest BCUT2D eigenvalue weighted by Gasteiger charge is 2.02. The lowest BCUT2D eigenvalue weighted by atomic mass is 10.2. The molecule has 1 atom stereocenters. The van der Waals surface area contributed by atoms with Crippen molar-refractivity contribution in [2.45, 2.75) is 20.8 Å². The van der Waals surface area contributed by atoms with Gasteiger partial charge in [-0.05, 0) is 44.0 Å². The number of anilines is 2. The molecule has 1 aromatic carbocycles. The van der Waals surface area contributed by atoms with Crippen LogP contribution in [0.1, 0.15) is 20.8 Å². The number of hydrogen-bond donors (Lipinski definition) is 1. The minimum Gasteiger partial charge on any atom is -0.399 e. The van der Waals surface area contributed by atoms with Crippen molar-refractivity contribution in [2.75, 3.05) is 36.5 Å². The van der Waals surface area contributed by atoms with Gasteiger partial charge >= 0.3 is 0 Å². The van der Waals surface area contributed by atoms with E-state index in [2.05, 4.69) is 30.6 Å². The second-order valence-electron chi connectivity index (χ2n) is 3.27. The molecule has 0 heterocycles. The minimum atomic E-state index is 0.835. The van der Waals surface area contributed by atoms with Gasteiger partial charge in [-0.2, -0.15) is 0 Å². The molecule has 1 unspecified atom stereocenters. The molecule has 0 saturated heterocycles.